The predicted octanol–water partition coefficient (Wildman–Crippen LogP) is -0.307. The van der Waals surface area contributed by atoms with Crippen LogP contribution in [0, 0.1) is 0 Å². The fraction of sp³-hybridized carbons (Fsp3) is 0.333. The van der Waals surface area contributed by atoms with Gasteiger partial charge in [-0.3, -0.25) is 24.5 Å². The molecule has 1 saturated heterocycles. The molecule has 1 aromatic rings. The molecule has 0 bridgehead atoms. The second-order valence-electron chi connectivity index (χ2n) is 4.36. The Kier molecular flexibility index (Phi) is 4.73. The minimum Gasteiger partial charge on any atom is -0.444 e. The number of amides is 4. The summed E-state index contributed by atoms with van der Waals surface area (Å²) in [5.41, 5.74) is 0. The van der Waals surface area contributed by atoms with Crippen LogP contribution in [0.4, 0.5) is 0 Å². The first-order valence-electron chi connectivity index (χ1n) is 6.12. The Morgan fingerprint density at radius 2 is 2.14 bits per heavy atom. The molecule has 1 aliphatic heterocycles. The summed E-state index contributed by atoms with van der Waals surface area (Å²) in [5, 5.41) is 6.93. The number of piperidine rings is 1. The molecule has 0 radical (unpaired) electrons. The van der Waals surface area contributed by atoms with E-state index in [1.165, 1.54) is 6.07 Å². The molecule has 8 nitrogen and oxygen atoms in total. The number of carbonyl (C=O) groups is 4. The number of hydrogen-bond acceptors (Lipinski definition) is 5. The van der Waals surface area contributed by atoms with E-state index < -0.39 is 23.8 Å². The maximum atomic E-state index is 11.6. The Hall–Kier alpha value is -2.16. The molecule has 9 heteroatoms. The molecular weight excluding hydrogens is 346 g/mol. The van der Waals surface area contributed by atoms with Crippen LogP contribution in [0.2, 0.25) is 0 Å². The van der Waals surface area contributed by atoms with Crippen LogP contribution in [-0.2, 0) is 14.4 Å². The van der Waals surface area contributed by atoms with Gasteiger partial charge in [-0.05, 0) is 34.5 Å². The lowest BCUT2D eigenvalue weighted by Crippen LogP contribution is -2.53. The number of rotatable bonds is 4. The van der Waals surface area contributed by atoms with Gasteiger partial charge in [0.1, 0.15) is 6.04 Å². The third kappa shape index (κ3) is 4.15. The van der Waals surface area contributed by atoms with Crippen LogP contribution >= 0.6 is 15.9 Å². The van der Waals surface area contributed by atoms with Crippen molar-refractivity contribution < 1.29 is 23.6 Å². The smallest absolute Gasteiger partial charge is 0.287 e. The summed E-state index contributed by atoms with van der Waals surface area (Å²) in [6.45, 7) is -0.297. The summed E-state index contributed by atoms with van der Waals surface area (Å²) in [7, 11) is 0. The van der Waals surface area contributed by atoms with E-state index in [1.54, 1.807) is 6.07 Å². The van der Waals surface area contributed by atoms with Crippen molar-refractivity contribution in [1.82, 2.24) is 16.0 Å². The van der Waals surface area contributed by atoms with E-state index in [-0.39, 0.29) is 31.1 Å². The molecule has 2 rings (SSSR count). The highest BCUT2D eigenvalue weighted by atomic mass is 79.9. The summed E-state index contributed by atoms with van der Waals surface area (Å²) in [4.78, 5) is 45.7. The average molecular weight is 358 g/mol. The van der Waals surface area contributed by atoms with E-state index in [9.17, 15) is 19.2 Å². The van der Waals surface area contributed by atoms with Crippen molar-refractivity contribution in [2.24, 2.45) is 0 Å². The van der Waals surface area contributed by atoms with Gasteiger partial charge < -0.3 is 15.1 Å². The fourth-order valence-corrected chi connectivity index (χ4v) is 2.07. The van der Waals surface area contributed by atoms with E-state index in [1.807, 2.05) is 0 Å². The number of hydrogen-bond donors (Lipinski definition) is 3. The molecule has 1 atom stereocenters. The van der Waals surface area contributed by atoms with Crippen molar-refractivity contribution >= 4 is 39.6 Å². The van der Waals surface area contributed by atoms with Crippen LogP contribution in [0.3, 0.4) is 0 Å². The second-order valence-corrected chi connectivity index (χ2v) is 5.14. The van der Waals surface area contributed by atoms with Crippen LogP contribution in [0.15, 0.2) is 21.2 Å². The topological polar surface area (TPSA) is 118 Å². The molecule has 4 amide bonds. The van der Waals surface area contributed by atoms with Crippen molar-refractivity contribution in [1.29, 1.82) is 0 Å². The molecule has 2 heterocycles. The molecule has 112 valence electrons. The largest absolute Gasteiger partial charge is 0.444 e. The fourth-order valence-electron chi connectivity index (χ4n) is 1.76. The third-order valence-corrected chi connectivity index (χ3v) is 3.21. The summed E-state index contributed by atoms with van der Waals surface area (Å²) >= 11 is 3.06. The Morgan fingerprint density at radius 3 is 2.76 bits per heavy atom. The molecule has 1 aromatic heterocycles. The van der Waals surface area contributed by atoms with Crippen molar-refractivity contribution in [3.8, 4) is 0 Å². The quantitative estimate of drug-likeness (QED) is 0.639. The van der Waals surface area contributed by atoms with Crippen LogP contribution in [0.5, 0.6) is 0 Å². The van der Waals surface area contributed by atoms with E-state index in [0.717, 1.165) is 0 Å². The molecular formula is C12H12BrN3O5. The molecule has 3 N–H and O–H groups in total. The lowest BCUT2D eigenvalue weighted by Gasteiger charge is -2.21. The number of imide groups is 1. The molecule has 1 unspecified atom stereocenters. The minimum atomic E-state index is -0.759. The van der Waals surface area contributed by atoms with E-state index in [2.05, 4.69) is 31.9 Å². The van der Waals surface area contributed by atoms with E-state index >= 15 is 0 Å². The van der Waals surface area contributed by atoms with Crippen LogP contribution < -0.4 is 16.0 Å². The molecule has 0 saturated carbocycles. The van der Waals surface area contributed by atoms with Gasteiger partial charge in [-0.1, -0.05) is 0 Å². The average Bonchev–Trinajstić information content (AvgIpc) is 2.86. The number of carbonyl (C=O) groups excluding carboxylic acids is 4. The summed E-state index contributed by atoms with van der Waals surface area (Å²) in [5.74, 6) is -1.90. The molecule has 0 aromatic carbocycles. The highest BCUT2D eigenvalue weighted by Gasteiger charge is 2.27. The van der Waals surface area contributed by atoms with Gasteiger partial charge in [0.15, 0.2) is 10.4 Å². The van der Waals surface area contributed by atoms with Crippen molar-refractivity contribution in [3.63, 3.8) is 0 Å². The maximum Gasteiger partial charge on any atom is 0.287 e. The Bertz CT molecular complexity index is 597. The molecule has 0 spiro atoms. The second kappa shape index (κ2) is 6.53. The summed E-state index contributed by atoms with van der Waals surface area (Å²) in [6.07, 6.45) is 0.416. The van der Waals surface area contributed by atoms with Crippen molar-refractivity contribution in [2.45, 2.75) is 18.9 Å². The Morgan fingerprint density at radius 1 is 1.38 bits per heavy atom. The number of halogens is 1. The summed E-state index contributed by atoms with van der Waals surface area (Å²) < 4.78 is 5.43. The van der Waals surface area contributed by atoms with Crippen LogP contribution in [0.1, 0.15) is 23.4 Å². The monoisotopic (exact) mass is 357 g/mol. The Balaban J connectivity index is 1.78. The lowest BCUT2D eigenvalue weighted by atomic mass is 10.1. The van der Waals surface area contributed by atoms with Gasteiger partial charge >= 0.3 is 0 Å². The standard InChI is InChI=1S/C12H12BrN3O5/c13-8-3-2-7(21-8)12(20)14-5-10(18)15-6-1-4-9(17)16-11(6)19/h2-3,6H,1,4-5H2,(H,14,20)(H,15,18)(H,16,17,19). The normalized spacial score (nSPS) is 18.0. The van der Waals surface area contributed by atoms with Crippen molar-refractivity contribution in [2.75, 3.05) is 6.54 Å². The first-order chi connectivity index (χ1) is 9.95. The van der Waals surface area contributed by atoms with Gasteiger partial charge in [-0.25, -0.2) is 0 Å². The van der Waals surface area contributed by atoms with E-state index in [4.69, 9.17) is 4.42 Å². The predicted molar refractivity (Wildman–Crippen MR) is 73.1 cm³/mol. The van der Waals surface area contributed by atoms with Gasteiger partial charge in [0.05, 0.1) is 6.54 Å². The molecule has 1 aliphatic rings. The SMILES string of the molecule is O=C1CCC(NC(=O)CNC(=O)c2ccc(Br)o2)C(=O)N1. The number of nitrogens with one attached hydrogen (secondary N) is 3. The summed E-state index contributed by atoms with van der Waals surface area (Å²) in [6, 6.07) is 2.25. The van der Waals surface area contributed by atoms with Crippen LogP contribution in [-0.4, -0.2) is 36.2 Å². The first-order valence-corrected chi connectivity index (χ1v) is 6.91. The van der Waals surface area contributed by atoms with Crippen molar-refractivity contribution in [3.05, 3.63) is 22.6 Å². The van der Waals surface area contributed by atoms with E-state index in [0.29, 0.717) is 4.67 Å². The highest BCUT2D eigenvalue weighted by molar-refractivity contribution is 9.10. The highest BCUT2D eigenvalue weighted by Crippen LogP contribution is 2.13. The van der Waals surface area contributed by atoms with Gasteiger partial charge in [0.25, 0.3) is 5.91 Å². The van der Waals surface area contributed by atoms with Gasteiger partial charge in [0, 0.05) is 6.42 Å². The van der Waals surface area contributed by atoms with Gasteiger partial charge in [0.2, 0.25) is 17.7 Å². The minimum absolute atomic E-state index is 0.0654. The molecule has 0 aliphatic carbocycles. The Labute approximate surface area is 127 Å². The molecule has 21 heavy (non-hydrogen) atoms. The zero-order chi connectivity index (χ0) is 15.4. The zero-order valence-electron chi connectivity index (χ0n) is 10.8. The number of furan rings is 1. The van der Waals surface area contributed by atoms with Crippen LogP contribution in [0.25, 0.3) is 0 Å². The first kappa shape index (κ1) is 15.2. The third-order valence-electron chi connectivity index (χ3n) is 2.78. The van der Waals surface area contributed by atoms with Gasteiger partial charge in [-0.2, -0.15) is 0 Å². The zero-order valence-corrected chi connectivity index (χ0v) is 12.4. The maximum absolute atomic E-state index is 11.6. The van der Waals surface area contributed by atoms with Gasteiger partial charge in [-0.15, -0.1) is 0 Å². The molecule has 1 fully saturated rings. The lowest BCUT2D eigenvalue weighted by molar-refractivity contribution is -0.137.